The monoisotopic (exact) mass is 313 g/mol. The van der Waals surface area contributed by atoms with Crippen LogP contribution < -0.4 is 5.32 Å². The number of aliphatic hydroxyl groups is 1. The number of hydrogen-bond donors (Lipinski definition) is 2. The molecular formula is C15H20ClNO2S. The Bertz CT molecular complexity index is 500. The van der Waals surface area contributed by atoms with Crippen molar-refractivity contribution in [1.82, 2.24) is 5.32 Å². The van der Waals surface area contributed by atoms with E-state index in [4.69, 9.17) is 11.6 Å². The molecule has 20 heavy (non-hydrogen) atoms. The molecule has 0 aliphatic carbocycles. The summed E-state index contributed by atoms with van der Waals surface area (Å²) in [6.45, 7) is 3.65. The quantitative estimate of drug-likeness (QED) is 0.794. The smallest absolute Gasteiger partial charge is 0.247 e. The van der Waals surface area contributed by atoms with Crippen LogP contribution >= 0.6 is 23.4 Å². The number of amides is 1. The van der Waals surface area contributed by atoms with Gasteiger partial charge in [0.2, 0.25) is 5.91 Å². The van der Waals surface area contributed by atoms with Crippen molar-refractivity contribution in [2.75, 3.05) is 18.6 Å². The van der Waals surface area contributed by atoms with Crippen molar-refractivity contribution in [2.45, 2.75) is 19.4 Å². The lowest BCUT2D eigenvalue weighted by Gasteiger charge is -2.22. The molecule has 1 rings (SSSR count). The van der Waals surface area contributed by atoms with Crippen molar-refractivity contribution in [3.63, 3.8) is 0 Å². The first kappa shape index (κ1) is 17.1. The maximum Gasteiger partial charge on any atom is 0.247 e. The van der Waals surface area contributed by atoms with Gasteiger partial charge in [-0.2, -0.15) is 11.8 Å². The summed E-state index contributed by atoms with van der Waals surface area (Å²) in [5.74, 6) is 0.367. The molecular weight excluding hydrogens is 294 g/mol. The minimum atomic E-state index is -0.903. The van der Waals surface area contributed by atoms with Crippen LogP contribution in [0, 0.1) is 0 Å². The summed E-state index contributed by atoms with van der Waals surface area (Å²) in [7, 11) is 0. The summed E-state index contributed by atoms with van der Waals surface area (Å²) < 4.78 is 0. The second-order valence-corrected chi connectivity index (χ2v) is 6.23. The average Bonchev–Trinajstić information content (AvgIpc) is 2.38. The second kappa shape index (κ2) is 7.72. The maximum absolute atomic E-state index is 12.0. The molecule has 2 N–H and O–H groups in total. The Morgan fingerprint density at radius 3 is 2.75 bits per heavy atom. The summed E-state index contributed by atoms with van der Waals surface area (Å²) in [4.78, 5) is 12.0. The molecule has 1 atom stereocenters. The summed E-state index contributed by atoms with van der Waals surface area (Å²) in [5, 5.41) is 13.3. The lowest BCUT2D eigenvalue weighted by Crippen LogP contribution is -2.42. The van der Waals surface area contributed by atoms with Crippen LogP contribution in [0.4, 0.5) is 0 Å². The molecule has 0 aliphatic heterocycles. The topological polar surface area (TPSA) is 49.3 Å². The number of rotatable bonds is 6. The van der Waals surface area contributed by atoms with E-state index in [0.717, 1.165) is 5.56 Å². The highest BCUT2D eigenvalue weighted by molar-refractivity contribution is 7.98. The summed E-state index contributed by atoms with van der Waals surface area (Å²) in [6.07, 6.45) is 3.65. The van der Waals surface area contributed by atoms with E-state index in [1.54, 1.807) is 26.0 Å². The van der Waals surface area contributed by atoms with Gasteiger partial charge in [0.25, 0.3) is 0 Å². The average molecular weight is 314 g/mol. The van der Waals surface area contributed by atoms with Gasteiger partial charge in [-0.1, -0.05) is 29.8 Å². The largest absolute Gasteiger partial charge is 0.387 e. The Morgan fingerprint density at radius 1 is 1.50 bits per heavy atom. The predicted octanol–water partition coefficient (Wildman–Crippen LogP) is 2.97. The number of carbonyl (C=O) groups excluding carboxylic acids is 1. The van der Waals surface area contributed by atoms with Crippen LogP contribution in [-0.4, -0.2) is 35.2 Å². The van der Waals surface area contributed by atoms with E-state index in [1.165, 1.54) is 11.8 Å². The van der Waals surface area contributed by atoms with Crippen LogP contribution in [0.1, 0.15) is 19.4 Å². The fraction of sp³-hybridized carbons (Fsp3) is 0.400. The Hall–Kier alpha value is -0.970. The van der Waals surface area contributed by atoms with Crippen LogP contribution in [0.5, 0.6) is 0 Å². The van der Waals surface area contributed by atoms with Crippen molar-refractivity contribution in [3.8, 4) is 0 Å². The maximum atomic E-state index is 12.0. The third kappa shape index (κ3) is 5.57. The van der Waals surface area contributed by atoms with Crippen molar-refractivity contribution in [1.29, 1.82) is 0 Å². The van der Waals surface area contributed by atoms with E-state index < -0.39 is 5.60 Å². The normalized spacial score (nSPS) is 14.8. The third-order valence-electron chi connectivity index (χ3n) is 2.72. The molecule has 0 heterocycles. The highest BCUT2D eigenvalue weighted by Gasteiger charge is 2.20. The molecule has 1 amide bonds. The molecule has 0 spiro atoms. The molecule has 0 radical (unpaired) electrons. The van der Waals surface area contributed by atoms with E-state index in [-0.39, 0.29) is 12.5 Å². The fourth-order valence-corrected chi connectivity index (χ4v) is 2.58. The zero-order chi connectivity index (χ0) is 15.2. The molecule has 3 nitrogen and oxygen atoms in total. The summed E-state index contributed by atoms with van der Waals surface area (Å²) in [6, 6.07) is 7.34. The van der Waals surface area contributed by atoms with Gasteiger partial charge in [0.1, 0.15) is 0 Å². The van der Waals surface area contributed by atoms with Gasteiger partial charge in [-0.05, 0) is 37.8 Å². The summed E-state index contributed by atoms with van der Waals surface area (Å²) in [5.41, 5.74) is 0.454. The molecule has 0 saturated carbocycles. The zero-order valence-corrected chi connectivity index (χ0v) is 13.5. The first-order chi connectivity index (χ1) is 9.35. The Labute approximate surface area is 129 Å². The van der Waals surface area contributed by atoms with Crippen LogP contribution in [0.2, 0.25) is 5.02 Å². The van der Waals surface area contributed by atoms with E-state index in [0.29, 0.717) is 16.3 Å². The van der Waals surface area contributed by atoms with Crippen molar-refractivity contribution >= 4 is 35.3 Å². The van der Waals surface area contributed by atoms with Crippen molar-refractivity contribution < 1.29 is 9.90 Å². The fourth-order valence-electron chi connectivity index (χ4n) is 1.66. The van der Waals surface area contributed by atoms with Gasteiger partial charge >= 0.3 is 0 Å². The molecule has 0 bridgehead atoms. The van der Waals surface area contributed by atoms with Crippen molar-refractivity contribution in [3.05, 3.63) is 40.4 Å². The number of thioether (sulfide) groups is 1. The SMILES string of the molecule is CSCC(C)(O)CNC(=O)/C(C)=C/c1ccccc1Cl. The Balaban J connectivity index is 2.66. The van der Waals surface area contributed by atoms with E-state index in [2.05, 4.69) is 5.32 Å². The summed E-state index contributed by atoms with van der Waals surface area (Å²) >= 11 is 7.58. The number of halogens is 1. The van der Waals surface area contributed by atoms with Gasteiger partial charge in [-0.15, -0.1) is 0 Å². The van der Waals surface area contributed by atoms with Crippen LogP contribution in [0.3, 0.4) is 0 Å². The minimum absolute atomic E-state index is 0.203. The first-order valence-corrected chi connectivity index (χ1v) is 8.05. The van der Waals surface area contributed by atoms with Gasteiger partial charge in [0, 0.05) is 22.9 Å². The minimum Gasteiger partial charge on any atom is -0.387 e. The lowest BCUT2D eigenvalue weighted by atomic mass is 10.1. The number of nitrogens with one attached hydrogen (secondary N) is 1. The molecule has 0 aliphatic rings. The van der Waals surface area contributed by atoms with Gasteiger partial charge in [-0.25, -0.2) is 0 Å². The second-order valence-electron chi connectivity index (χ2n) is 4.96. The molecule has 0 aromatic heterocycles. The molecule has 0 saturated heterocycles. The van der Waals surface area contributed by atoms with Gasteiger partial charge in [0.15, 0.2) is 0 Å². The van der Waals surface area contributed by atoms with Crippen LogP contribution in [-0.2, 0) is 4.79 Å². The van der Waals surface area contributed by atoms with Crippen LogP contribution in [0.15, 0.2) is 29.8 Å². The molecule has 1 aromatic rings. The molecule has 5 heteroatoms. The first-order valence-electron chi connectivity index (χ1n) is 6.28. The molecule has 0 fully saturated rings. The van der Waals surface area contributed by atoms with Crippen LogP contribution in [0.25, 0.3) is 6.08 Å². The number of benzene rings is 1. The van der Waals surface area contributed by atoms with E-state index >= 15 is 0 Å². The van der Waals surface area contributed by atoms with E-state index in [9.17, 15) is 9.90 Å². The molecule has 1 aromatic carbocycles. The number of carbonyl (C=O) groups is 1. The molecule has 1 unspecified atom stereocenters. The molecule has 110 valence electrons. The lowest BCUT2D eigenvalue weighted by molar-refractivity contribution is -0.118. The zero-order valence-electron chi connectivity index (χ0n) is 11.9. The Kier molecular flexibility index (Phi) is 6.59. The van der Waals surface area contributed by atoms with Gasteiger partial charge in [0.05, 0.1) is 5.60 Å². The highest BCUT2D eigenvalue weighted by atomic mass is 35.5. The van der Waals surface area contributed by atoms with Crippen molar-refractivity contribution in [2.24, 2.45) is 0 Å². The van der Waals surface area contributed by atoms with E-state index in [1.807, 2.05) is 24.5 Å². The highest BCUT2D eigenvalue weighted by Crippen LogP contribution is 2.18. The third-order valence-corrected chi connectivity index (χ3v) is 3.98. The van der Waals surface area contributed by atoms with Gasteiger partial charge in [-0.3, -0.25) is 4.79 Å². The number of hydrogen-bond acceptors (Lipinski definition) is 3. The predicted molar refractivity (Wildman–Crippen MR) is 87.1 cm³/mol. The standard InChI is InChI=1S/C15H20ClNO2S/c1-11(8-12-6-4-5-7-13(12)16)14(18)17-9-15(2,19)10-20-3/h4-8,19H,9-10H2,1-3H3,(H,17,18)/b11-8+. The van der Waals surface area contributed by atoms with Gasteiger partial charge < -0.3 is 10.4 Å². The Morgan fingerprint density at radius 2 is 2.15 bits per heavy atom.